The average Bonchev–Trinajstić information content (AvgIpc) is 3.08. The summed E-state index contributed by atoms with van der Waals surface area (Å²) in [6.07, 6.45) is 1.01. The van der Waals surface area contributed by atoms with Crippen molar-refractivity contribution in [2.45, 2.75) is 57.8 Å². The summed E-state index contributed by atoms with van der Waals surface area (Å²) in [7, 11) is -3.85. The van der Waals surface area contributed by atoms with Crippen molar-refractivity contribution < 1.29 is 22.7 Å². The molecule has 32 heavy (non-hydrogen) atoms. The number of carbonyl (C=O) groups is 1. The summed E-state index contributed by atoms with van der Waals surface area (Å²) in [5, 5.41) is 5.82. The van der Waals surface area contributed by atoms with E-state index in [1.807, 2.05) is 11.5 Å². The molecule has 0 fully saturated rings. The third-order valence-corrected chi connectivity index (χ3v) is 6.12. The van der Waals surface area contributed by atoms with Crippen LogP contribution in [-0.2, 0) is 32.7 Å². The highest BCUT2D eigenvalue weighted by molar-refractivity contribution is 7.89. The monoisotopic (exact) mass is 479 g/mol. The van der Waals surface area contributed by atoms with Gasteiger partial charge in [-0.15, -0.1) is 0 Å². The predicted octanol–water partition coefficient (Wildman–Crippen LogP) is 3.96. The zero-order valence-corrected chi connectivity index (χ0v) is 19.7. The first-order chi connectivity index (χ1) is 15.1. The van der Waals surface area contributed by atoms with Gasteiger partial charge in [0.15, 0.2) is 6.10 Å². The van der Waals surface area contributed by atoms with Gasteiger partial charge in [0.2, 0.25) is 10.0 Å². The van der Waals surface area contributed by atoms with Crippen LogP contribution in [0.3, 0.4) is 0 Å². The number of hydrogen-bond acceptors (Lipinski definition) is 6. The maximum absolute atomic E-state index is 12.5. The molecule has 0 saturated heterocycles. The van der Waals surface area contributed by atoms with Crippen molar-refractivity contribution in [3.63, 3.8) is 0 Å². The van der Waals surface area contributed by atoms with Gasteiger partial charge in [-0.25, -0.2) is 23.3 Å². The number of benzene rings is 2. The molecule has 0 aliphatic carbocycles. The van der Waals surface area contributed by atoms with Gasteiger partial charge in [0, 0.05) is 11.6 Å². The Hall–Kier alpha value is -2.62. The van der Waals surface area contributed by atoms with E-state index in [1.54, 1.807) is 31.2 Å². The van der Waals surface area contributed by atoms with Crippen molar-refractivity contribution in [2.24, 2.45) is 5.14 Å². The SMILES string of the molecule is CCCCn1c(COC(=O)C(C)Oc2ccc(Cl)cc2C)nc2cc(S(N)(=O)=O)ccc21. The smallest absolute Gasteiger partial charge is 0.347 e. The fraction of sp³-hybridized carbons (Fsp3) is 0.364. The Bertz CT molecular complexity index is 1240. The van der Waals surface area contributed by atoms with E-state index in [-0.39, 0.29) is 11.5 Å². The van der Waals surface area contributed by atoms with Gasteiger partial charge in [0.25, 0.3) is 0 Å². The number of aryl methyl sites for hydroxylation is 2. The van der Waals surface area contributed by atoms with Crippen LogP contribution in [0.5, 0.6) is 5.75 Å². The summed E-state index contributed by atoms with van der Waals surface area (Å²) in [4.78, 5) is 17.0. The first-order valence-corrected chi connectivity index (χ1v) is 12.1. The number of esters is 1. The van der Waals surface area contributed by atoms with Gasteiger partial charge in [-0.3, -0.25) is 0 Å². The molecule has 0 aliphatic rings. The maximum atomic E-state index is 12.5. The molecule has 1 atom stereocenters. The number of sulfonamides is 1. The number of carbonyl (C=O) groups excluding carboxylic acids is 1. The lowest BCUT2D eigenvalue weighted by Crippen LogP contribution is -2.26. The maximum Gasteiger partial charge on any atom is 0.347 e. The zero-order chi connectivity index (χ0) is 23.5. The quantitative estimate of drug-likeness (QED) is 0.465. The van der Waals surface area contributed by atoms with Crippen molar-refractivity contribution in [1.29, 1.82) is 0 Å². The van der Waals surface area contributed by atoms with E-state index in [0.29, 0.717) is 28.7 Å². The minimum absolute atomic E-state index is 0.0194. The topological polar surface area (TPSA) is 114 Å². The Kier molecular flexibility index (Phi) is 7.43. The molecule has 3 rings (SSSR count). The van der Waals surface area contributed by atoms with Crippen LogP contribution in [0.4, 0.5) is 0 Å². The van der Waals surface area contributed by atoms with Crippen LogP contribution in [-0.4, -0.2) is 30.0 Å². The van der Waals surface area contributed by atoms with E-state index < -0.39 is 22.1 Å². The van der Waals surface area contributed by atoms with Crippen LogP contribution < -0.4 is 9.88 Å². The second-order valence-corrected chi connectivity index (χ2v) is 9.50. The summed E-state index contributed by atoms with van der Waals surface area (Å²) in [5.74, 6) is 0.520. The first-order valence-electron chi connectivity index (χ1n) is 10.2. The summed E-state index contributed by atoms with van der Waals surface area (Å²) < 4.78 is 36.4. The second-order valence-electron chi connectivity index (χ2n) is 7.51. The van der Waals surface area contributed by atoms with Gasteiger partial charge in [-0.2, -0.15) is 0 Å². The number of imidazole rings is 1. The van der Waals surface area contributed by atoms with Gasteiger partial charge < -0.3 is 14.0 Å². The highest BCUT2D eigenvalue weighted by Crippen LogP contribution is 2.24. The number of primary sulfonamides is 1. The van der Waals surface area contributed by atoms with Crippen LogP contribution in [0.2, 0.25) is 5.02 Å². The Labute approximate surface area is 192 Å². The van der Waals surface area contributed by atoms with Gasteiger partial charge in [-0.1, -0.05) is 24.9 Å². The molecule has 0 amide bonds. The number of rotatable bonds is 9. The average molecular weight is 480 g/mol. The molecule has 10 heteroatoms. The fourth-order valence-electron chi connectivity index (χ4n) is 3.25. The lowest BCUT2D eigenvalue weighted by atomic mass is 10.2. The highest BCUT2D eigenvalue weighted by atomic mass is 35.5. The van der Waals surface area contributed by atoms with Crippen molar-refractivity contribution in [2.75, 3.05) is 0 Å². The molecule has 3 aromatic rings. The Morgan fingerprint density at radius 2 is 2.00 bits per heavy atom. The molecule has 0 radical (unpaired) electrons. The lowest BCUT2D eigenvalue weighted by molar-refractivity contribution is -0.152. The molecule has 0 bridgehead atoms. The minimum Gasteiger partial charge on any atom is -0.479 e. The largest absolute Gasteiger partial charge is 0.479 e. The molecule has 2 aromatic carbocycles. The minimum atomic E-state index is -3.85. The third kappa shape index (κ3) is 5.59. The molecule has 1 heterocycles. The van der Waals surface area contributed by atoms with E-state index >= 15 is 0 Å². The van der Waals surface area contributed by atoms with E-state index in [1.165, 1.54) is 12.1 Å². The van der Waals surface area contributed by atoms with Crippen molar-refractivity contribution >= 4 is 38.6 Å². The molecule has 172 valence electrons. The second kappa shape index (κ2) is 9.89. The van der Waals surface area contributed by atoms with Gasteiger partial charge in [0.1, 0.15) is 18.2 Å². The number of halogens is 1. The highest BCUT2D eigenvalue weighted by Gasteiger charge is 2.20. The van der Waals surface area contributed by atoms with Crippen LogP contribution in [0.1, 0.15) is 38.1 Å². The van der Waals surface area contributed by atoms with Gasteiger partial charge in [-0.05, 0) is 62.2 Å². The number of ether oxygens (including phenoxy) is 2. The fourth-order valence-corrected chi connectivity index (χ4v) is 4.01. The van der Waals surface area contributed by atoms with Gasteiger partial charge in [0.05, 0.1) is 15.9 Å². The number of hydrogen-bond donors (Lipinski definition) is 1. The summed E-state index contributed by atoms with van der Waals surface area (Å²) in [5.41, 5.74) is 2.03. The number of aromatic nitrogens is 2. The third-order valence-electron chi connectivity index (χ3n) is 4.98. The van der Waals surface area contributed by atoms with Gasteiger partial charge >= 0.3 is 5.97 Å². The van der Waals surface area contributed by atoms with E-state index in [0.717, 1.165) is 23.9 Å². The van der Waals surface area contributed by atoms with Crippen LogP contribution in [0.15, 0.2) is 41.3 Å². The summed E-state index contributed by atoms with van der Waals surface area (Å²) >= 11 is 5.96. The Balaban J connectivity index is 1.78. The van der Waals surface area contributed by atoms with E-state index in [4.69, 9.17) is 26.2 Å². The summed E-state index contributed by atoms with van der Waals surface area (Å²) in [6, 6.07) is 9.68. The molecular weight excluding hydrogens is 454 g/mol. The molecular formula is C22H26ClN3O5S. The standard InChI is InChI=1S/C22H26ClN3O5S/c1-4-5-10-26-19-8-7-17(32(24,28)29)12-18(19)25-21(26)13-30-22(27)15(3)31-20-9-6-16(23)11-14(20)2/h6-9,11-12,15H,4-5,10,13H2,1-3H3,(H2,24,28,29). The van der Waals surface area contributed by atoms with Crippen molar-refractivity contribution in [3.8, 4) is 5.75 Å². The van der Waals surface area contributed by atoms with E-state index in [2.05, 4.69) is 11.9 Å². The van der Waals surface area contributed by atoms with E-state index in [9.17, 15) is 13.2 Å². The molecule has 1 aromatic heterocycles. The molecule has 0 aliphatic heterocycles. The van der Waals surface area contributed by atoms with Crippen LogP contribution in [0, 0.1) is 6.92 Å². The number of nitrogens with zero attached hydrogens (tertiary/aromatic N) is 2. The van der Waals surface area contributed by atoms with Crippen molar-refractivity contribution in [1.82, 2.24) is 9.55 Å². The molecule has 2 N–H and O–H groups in total. The summed E-state index contributed by atoms with van der Waals surface area (Å²) in [6.45, 7) is 6.09. The normalized spacial score (nSPS) is 12.7. The van der Waals surface area contributed by atoms with Crippen molar-refractivity contribution in [3.05, 3.63) is 52.8 Å². The number of nitrogens with two attached hydrogens (primary N) is 1. The van der Waals surface area contributed by atoms with Crippen LogP contribution in [0.25, 0.3) is 11.0 Å². The lowest BCUT2D eigenvalue weighted by Gasteiger charge is -2.16. The molecule has 0 spiro atoms. The molecule has 0 saturated carbocycles. The predicted molar refractivity (Wildman–Crippen MR) is 122 cm³/mol. The molecule has 8 nitrogen and oxygen atoms in total. The first kappa shape index (κ1) is 24.0. The Morgan fingerprint density at radius 3 is 2.66 bits per heavy atom. The Morgan fingerprint density at radius 1 is 1.25 bits per heavy atom. The number of fused-ring (bicyclic) bond motifs is 1. The molecule has 1 unspecified atom stereocenters. The number of unbranched alkanes of at least 4 members (excludes halogenated alkanes) is 1. The zero-order valence-electron chi connectivity index (χ0n) is 18.2. The van der Waals surface area contributed by atoms with Crippen LogP contribution >= 0.6 is 11.6 Å².